The molecule has 2 aromatic rings. The van der Waals surface area contributed by atoms with Gasteiger partial charge in [0.2, 0.25) is 0 Å². The van der Waals surface area contributed by atoms with E-state index in [0.717, 1.165) is 0 Å². The summed E-state index contributed by atoms with van der Waals surface area (Å²) in [5, 5.41) is 16.0. The number of hydrogen-bond donors (Lipinski definition) is 3. The van der Waals surface area contributed by atoms with Crippen LogP contribution in [0.4, 0.5) is 4.79 Å². The van der Waals surface area contributed by atoms with Gasteiger partial charge in [0, 0.05) is 10.0 Å². The van der Waals surface area contributed by atoms with E-state index >= 15 is 0 Å². The quantitative estimate of drug-likeness (QED) is 0.610. The van der Waals surface area contributed by atoms with Gasteiger partial charge in [-0.25, -0.2) is 9.59 Å². The van der Waals surface area contributed by atoms with Crippen LogP contribution in [0.15, 0.2) is 52.5 Å². The topological polar surface area (TPSA) is 96.9 Å². The molecule has 1 aliphatic heterocycles. The minimum atomic E-state index is -0.936. The number of phenols is 1. The number of esters is 1. The Kier molecular flexibility index (Phi) is 5.89. The van der Waals surface area contributed by atoms with E-state index in [-0.39, 0.29) is 23.7 Å². The van der Waals surface area contributed by atoms with Crippen LogP contribution >= 0.6 is 15.9 Å². The normalized spacial score (nSPS) is 16.2. The molecule has 0 saturated carbocycles. The smallest absolute Gasteiger partial charge is 0.338 e. The largest absolute Gasteiger partial charge is 0.504 e. The molecule has 0 saturated heterocycles. The summed E-state index contributed by atoms with van der Waals surface area (Å²) >= 11 is 3.37. The number of phenolic OH excluding ortho intramolecular Hbond substituents is 1. The number of methoxy groups -OCH3 is 1. The van der Waals surface area contributed by atoms with Crippen molar-refractivity contribution in [2.75, 3.05) is 13.7 Å². The van der Waals surface area contributed by atoms with E-state index in [9.17, 15) is 14.7 Å². The van der Waals surface area contributed by atoms with E-state index in [4.69, 9.17) is 9.47 Å². The van der Waals surface area contributed by atoms with Gasteiger partial charge in [-0.1, -0.05) is 46.3 Å². The van der Waals surface area contributed by atoms with E-state index in [1.165, 1.54) is 7.11 Å². The Morgan fingerprint density at radius 2 is 1.96 bits per heavy atom. The molecule has 1 atom stereocenters. The maximum atomic E-state index is 12.8. The molecular formula is C20H19BrN2O5. The van der Waals surface area contributed by atoms with Crippen molar-refractivity contribution in [3.8, 4) is 11.5 Å². The lowest BCUT2D eigenvalue weighted by molar-refractivity contribution is -0.138. The summed E-state index contributed by atoms with van der Waals surface area (Å²) in [5.74, 6) is -0.564. The lowest BCUT2D eigenvalue weighted by Gasteiger charge is -2.30. The third-order valence-electron chi connectivity index (χ3n) is 4.23. The summed E-state index contributed by atoms with van der Waals surface area (Å²) in [7, 11) is 1.42. The number of carbonyl (C=O) groups is 2. The number of halogens is 1. The molecule has 1 unspecified atom stereocenters. The first kappa shape index (κ1) is 19.8. The molecule has 8 heteroatoms. The molecule has 1 aliphatic rings. The summed E-state index contributed by atoms with van der Waals surface area (Å²) in [5.41, 5.74) is 1.46. The zero-order valence-corrected chi connectivity index (χ0v) is 16.9. The van der Waals surface area contributed by atoms with Crippen LogP contribution in [0, 0.1) is 0 Å². The van der Waals surface area contributed by atoms with Gasteiger partial charge >= 0.3 is 12.0 Å². The number of hydrogen-bond acceptors (Lipinski definition) is 5. The molecule has 0 fully saturated rings. The summed E-state index contributed by atoms with van der Waals surface area (Å²) in [4.78, 5) is 25.2. The van der Waals surface area contributed by atoms with Gasteiger partial charge in [-0.15, -0.1) is 0 Å². The number of nitrogens with one attached hydrogen (secondary N) is 2. The summed E-state index contributed by atoms with van der Waals surface area (Å²) in [6.07, 6.45) is 0. The van der Waals surface area contributed by atoms with Gasteiger partial charge in [0.15, 0.2) is 11.5 Å². The molecule has 0 spiro atoms. The van der Waals surface area contributed by atoms with Gasteiger partial charge in [-0.05, 0) is 24.6 Å². The first-order chi connectivity index (χ1) is 13.5. The molecule has 3 rings (SSSR count). The first-order valence-electron chi connectivity index (χ1n) is 8.56. The van der Waals surface area contributed by atoms with Crippen LogP contribution in [0.1, 0.15) is 24.1 Å². The molecule has 7 nitrogen and oxygen atoms in total. The Balaban J connectivity index is 2.25. The third-order valence-corrected chi connectivity index (χ3v) is 4.69. The van der Waals surface area contributed by atoms with Crippen LogP contribution in [0.5, 0.6) is 11.5 Å². The highest BCUT2D eigenvalue weighted by atomic mass is 79.9. The summed E-state index contributed by atoms with van der Waals surface area (Å²) in [6.45, 7) is 1.86. The van der Waals surface area contributed by atoms with Crippen LogP contribution in [0.25, 0.3) is 5.70 Å². The average Bonchev–Trinajstić information content (AvgIpc) is 2.69. The highest BCUT2D eigenvalue weighted by molar-refractivity contribution is 9.10. The van der Waals surface area contributed by atoms with E-state index in [0.29, 0.717) is 21.3 Å². The van der Waals surface area contributed by atoms with E-state index in [1.54, 1.807) is 43.3 Å². The number of aromatic hydroxyl groups is 1. The van der Waals surface area contributed by atoms with Crippen LogP contribution in [0.3, 0.4) is 0 Å². The first-order valence-corrected chi connectivity index (χ1v) is 9.36. The molecule has 0 aliphatic carbocycles. The Morgan fingerprint density at radius 1 is 1.25 bits per heavy atom. The number of amides is 2. The predicted molar refractivity (Wildman–Crippen MR) is 107 cm³/mol. The van der Waals surface area contributed by atoms with Crippen LogP contribution in [-0.2, 0) is 9.53 Å². The van der Waals surface area contributed by atoms with Crippen LogP contribution in [0.2, 0.25) is 0 Å². The number of ether oxygens (including phenoxy) is 2. The highest BCUT2D eigenvalue weighted by Gasteiger charge is 2.36. The van der Waals surface area contributed by atoms with Crippen molar-refractivity contribution in [1.82, 2.24) is 10.6 Å². The van der Waals surface area contributed by atoms with Gasteiger partial charge in [-0.2, -0.15) is 0 Å². The standard InChI is InChI=1S/C20H19BrN2O5/c1-3-28-19(25)15-16(11-7-5-4-6-8-11)22-20(26)23-17(15)13-9-12(21)10-14(27-2)18(13)24/h4-10,17,24H,3H2,1-2H3,(H2,22,23,26). The Hall–Kier alpha value is -3.00. The predicted octanol–water partition coefficient (Wildman–Crippen LogP) is 3.49. The number of carbonyl (C=O) groups excluding carboxylic acids is 2. The van der Waals surface area contributed by atoms with Crippen molar-refractivity contribution in [2.24, 2.45) is 0 Å². The second-order valence-electron chi connectivity index (χ2n) is 5.95. The molecular weight excluding hydrogens is 428 g/mol. The zero-order valence-electron chi connectivity index (χ0n) is 15.3. The second kappa shape index (κ2) is 8.35. The van der Waals surface area contributed by atoms with Crippen molar-refractivity contribution in [3.05, 3.63) is 63.6 Å². The molecule has 0 radical (unpaired) electrons. The maximum Gasteiger partial charge on any atom is 0.338 e. The molecule has 2 amide bonds. The molecule has 1 heterocycles. The van der Waals surface area contributed by atoms with Crippen LogP contribution in [-0.4, -0.2) is 30.8 Å². The fraction of sp³-hybridized carbons (Fsp3) is 0.200. The molecule has 2 aromatic carbocycles. The van der Waals surface area contributed by atoms with Crippen molar-refractivity contribution in [3.63, 3.8) is 0 Å². The molecule has 146 valence electrons. The third kappa shape index (κ3) is 3.82. The monoisotopic (exact) mass is 446 g/mol. The van der Waals surface area contributed by atoms with E-state index in [2.05, 4.69) is 26.6 Å². The van der Waals surface area contributed by atoms with E-state index in [1.807, 2.05) is 6.07 Å². The van der Waals surface area contributed by atoms with Gasteiger partial charge in [0.25, 0.3) is 0 Å². The number of rotatable bonds is 5. The minimum absolute atomic E-state index is 0.166. The molecule has 28 heavy (non-hydrogen) atoms. The highest BCUT2D eigenvalue weighted by Crippen LogP contribution is 2.41. The Morgan fingerprint density at radius 3 is 2.61 bits per heavy atom. The van der Waals surface area contributed by atoms with Crippen molar-refractivity contribution in [2.45, 2.75) is 13.0 Å². The van der Waals surface area contributed by atoms with Crippen molar-refractivity contribution in [1.29, 1.82) is 0 Å². The number of benzene rings is 2. The van der Waals surface area contributed by atoms with Gasteiger partial charge in [0.1, 0.15) is 0 Å². The van der Waals surface area contributed by atoms with Gasteiger partial charge in [-0.3, -0.25) is 0 Å². The summed E-state index contributed by atoms with van der Waals surface area (Å²) < 4.78 is 11.1. The second-order valence-corrected chi connectivity index (χ2v) is 6.87. The van der Waals surface area contributed by atoms with Gasteiger partial charge < -0.3 is 25.2 Å². The molecule has 0 aromatic heterocycles. The van der Waals surface area contributed by atoms with Crippen molar-refractivity contribution < 1.29 is 24.2 Å². The van der Waals surface area contributed by atoms with Crippen LogP contribution < -0.4 is 15.4 Å². The Bertz CT molecular complexity index is 943. The van der Waals surface area contributed by atoms with E-state index < -0.39 is 18.0 Å². The minimum Gasteiger partial charge on any atom is -0.504 e. The zero-order chi connectivity index (χ0) is 20.3. The average molecular weight is 447 g/mol. The lowest BCUT2D eigenvalue weighted by atomic mass is 9.92. The Labute approximate surface area is 170 Å². The fourth-order valence-corrected chi connectivity index (χ4v) is 3.48. The van der Waals surface area contributed by atoms with Gasteiger partial charge in [0.05, 0.1) is 31.0 Å². The SMILES string of the molecule is CCOC(=O)C1=C(c2ccccc2)NC(=O)NC1c1cc(Br)cc(OC)c1O. The summed E-state index contributed by atoms with van der Waals surface area (Å²) in [6, 6.07) is 10.8. The lowest BCUT2D eigenvalue weighted by Crippen LogP contribution is -2.45. The molecule has 3 N–H and O–H groups in total. The maximum absolute atomic E-state index is 12.8. The fourth-order valence-electron chi connectivity index (χ4n) is 3.03. The molecule has 0 bridgehead atoms. The number of urea groups is 1. The van der Waals surface area contributed by atoms with Crippen molar-refractivity contribution >= 4 is 33.6 Å².